The number of nitrogens with one attached hydrogen (secondary N) is 1. The van der Waals surface area contributed by atoms with Gasteiger partial charge in [0.25, 0.3) is 0 Å². The van der Waals surface area contributed by atoms with E-state index in [0.29, 0.717) is 6.04 Å². The normalized spacial score (nSPS) is 34.4. The van der Waals surface area contributed by atoms with Crippen molar-refractivity contribution in [2.45, 2.75) is 52.0 Å². The highest BCUT2D eigenvalue weighted by Crippen LogP contribution is 2.49. The zero-order valence-corrected chi connectivity index (χ0v) is 9.05. The Morgan fingerprint density at radius 1 is 1.23 bits per heavy atom. The van der Waals surface area contributed by atoms with Crippen molar-refractivity contribution < 1.29 is 0 Å². The van der Waals surface area contributed by atoms with Crippen LogP contribution in [0.15, 0.2) is 0 Å². The monoisotopic (exact) mass is 181 g/mol. The lowest BCUT2D eigenvalue weighted by atomic mass is 10.0. The molecule has 2 aliphatic carbocycles. The maximum absolute atomic E-state index is 3.56. The van der Waals surface area contributed by atoms with Crippen molar-refractivity contribution in [3.05, 3.63) is 0 Å². The second-order valence-electron chi connectivity index (χ2n) is 5.27. The Morgan fingerprint density at radius 2 is 1.92 bits per heavy atom. The van der Waals surface area contributed by atoms with Crippen LogP contribution in [0.5, 0.6) is 0 Å². The van der Waals surface area contributed by atoms with Gasteiger partial charge in [-0.05, 0) is 30.7 Å². The first-order valence-electron chi connectivity index (χ1n) is 6.00. The average Bonchev–Trinajstić information content (AvgIpc) is 2.66. The molecule has 0 saturated heterocycles. The third-order valence-corrected chi connectivity index (χ3v) is 3.77. The molecule has 0 aromatic rings. The molecule has 2 aliphatic rings. The Bertz CT molecular complexity index is 159. The highest BCUT2D eigenvalue weighted by molar-refractivity contribution is 4.94. The maximum atomic E-state index is 3.56. The molecule has 0 spiro atoms. The first-order valence-corrected chi connectivity index (χ1v) is 6.00. The van der Waals surface area contributed by atoms with Crippen LogP contribution >= 0.6 is 0 Å². The molecule has 0 aliphatic heterocycles. The van der Waals surface area contributed by atoms with Crippen LogP contribution in [-0.2, 0) is 0 Å². The topological polar surface area (TPSA) is 12.0 Å². The van der Waals surface area contributed by atoms with Gasteiger partial charge in [-0.25, -0.2) is 0 Å². The minimum Gasteiger partial charge on any atom is -0.314 e. The molecule has 0 heterocycles. The van der Waals surface area contributed by atoms with Crippen LogP contribution < -0.4 is 5.32 Å². The van der Waals surface area contributed by atoms with Gasteiger partial charge in [0.2, 0.25) is 0 Å². The molecule has 0 radical (unpaired) electrons. The Labute approximate surface area is 82.3 Å². The summed E-state index contributed by atoms with van der Waals surface area (Å²) in [6, 6.07) is 0.671. The van der Waals surface area contributed by atoms with Crippen molar-refractivity contribution in [3.8, 4) is 0 Å². The Kier molecular flexibility index (Phi) is 2.92. The third kappa shape index (κ3) is 2.46. The molecule has 13 heavy (non-hydrogen) atoms. The molecular weight excluding hydrogens is 158 g/mol. The Hall–Kier alpha value is -0.0400. The minimum atomic E-state index is 0.671. The van der Waals surface area contributed by atoms with Crippen LogP contribution in [0.4, 0.5) is 0 Å². The molecule has 76 valence electrons. The van der Waals surface area contributed by atoms with Crippen molar-refractivity contribution in [2.24, 2.45) is 17.8 Å². The summed E-state index contributed by atoms with van der Waals surface area (Å²) in [7, 11) is 0. The summed E-state index contributed by atoms with van der Waals surface area (Å²) in [5.74, 6) is 3.25. The van der Waals surface area contributed by atoms with E-state index in [1.807, 2.05) is 0 Å². The van der Waals surface area contributed by atoms with Gasteiger partial charge in [0, 0.05) is 6.04 Å². The second kappa shape index (κ2) is 4.00. The SMILES string of the molecule is CC(C)NCC1CC1C1CCCC1. The van der Waals surface area contributed by atoms with Gasteiger partial charge >= 0.3 is 0 Å². The van der Waals surface area contributed by atoms with Crippen molar-refractivity contribution in [1.29, 1.82) is 0 Å². The first kappa shape index (κ1) is 9.51. The predicted molar refractivity (Wildman–Crippen MR) is 56.7 cm³/mol. The molecule has 1 nitrogen and oxygen atoms in total. The van der Waals surface area contributed by atoms with Gasteiger partial charge in [-0.1, -0.05) is 39.5 Å². The van der Waals surface area contributed by atoms with Gasteiger partial charge in [0.15, 0.2) is 0 Å². The highest BCUT2D eigenvalue weighted by Gasteiger charge is 2.42. The van der Waals surface area contributed by atoms with Crippen LogP contribution in [-0.4, -0.2) is 12.6 Å². The Balaban J connectivity index is 1.64. The maximum Gasteiger partial charge on any atom is 0.00104 e. The van der Waals surface area contributed by atoms with E-state index in [1.54, 1.807) is 0 Å². The molecule has 2 rings (SSSR count). The molecule has 1 N–H and O–H groups in total. The number of rotatable bonds is 4. The van der Waals surface area contributed by atoms with E-state index in [9.17, 15) is 0 Å². The standard InChI is InChI=1S/C12H23N/c1-9(2)13-8-11-7-12(11)10-5-3-4-6-10/h9-13H,3-8H2,1-2H3. The fraction of sp³-hybridized carbons (Fsp3) is 1.00. The summed E-state index contributed by atoms with van der Waals surface area (Å²) in [5, 5.41) is 3.56. The second-order valence-corrected chi connectivity index (χ2v) is 5.27. The lowest BCUT2D eigenvalue weighted by Gasteiger charge is -2.10. The van der Waals surface area contributed by atoms with Crippen LogP contribution in [0, 0.1) is 17.8 Å². The molecule has 1 heteroatoms. The van der Waals surface area contributed by atoms with Gasteiger partial charge in [-0.3, -0.25) is 0 Å². The van der Waals surface area contributed by atoms with Gasteiger partial charge in [-0.15, -0.1) is 0 Å². The number of hydrogen-bond donors (Lipinski definition) is 1. The fourth-order valence-corrected chi connectivity index (χ4v) is 2.86. The minimum absolute atomic E-state index is 0.671. The lowest BCUT2D eigenvalue weighted by Crippen LogP contribution is -2.25. The van der Waals surface area contributed by atoms with E-state index in [4.69, 9.17) is 0 Å². The van der Waals surface area contributed by atoms with Crippen molar-refractivity contribution in [3.63, 3.8) is 0 Å². The summed E-state index contributed by atoms with van der Waals surface area (Å²) in [6.45, 7) is 5.76. The molecule has 2 saturated carbocycles. The molecule has 0 amide bonds. The summed E-state index contributed by atoms with van der Waals surface area (Å²) >= 11 is 0. The van der Waals surface area contributed by atoms with E-state index >= 15 is 0 Å². The summed E-state index contributed by atoms with van der Waals surface area (Å²) in [4.78, 5) is 0. The van der Waals surface area contributed by atoms with E-state index < -0.39 is 0 Å². The molecule has 0 aromatic heterocycles. The Morgan fingerprint density at radius 3 is 2.54 bits per heavy atom. The quantitative estimate of drug-likeness (QED) is 0.703. The van der Waals surface area contributed by atoms with Crippen molar-refractivity contribution in [1.82, 2.24) is 5.32 Å². The van der Waals surface area contributed by atoms with Gasteiger partial charge < -0.3 is 5.32 Å². The summed E-state index contributed by atoms with van der Waals surface area (Å²) in [6.07, 6.45) is 7.59. The molecule has 2 unspecified atom stereocenters. The fourth-order valence-electron chi connectivity index (χ4n) is 2.86. The van der Waals surface area contributed by atoms with E-state index in [2.05, 4.69) is 19.2 Å². The zero-order chi connectivity index (χ0) is 9.26. The van der Waals surface area contributed by atoms with E-state index in [-0.39, 0.29) is 0 Å². The predicted octanol–water partition coefficient (Wildman–Crippen LogP) is 2.81. The molecule has 0 bridgehead atoms. The summed E-state index contributed by atoms with van der Waals surface area (Å²) in [5.41, 5.74) is 0. The lowest BCUT2D eigenvalue weighted by molar-refractivity contribution is 0.432. The average molecular weight is 181 g/mol. The van der Waals surface area contributed by atoms with Gasteiger partial charge in [0.05, 0.1) is 0 Å². The zero-order valence-electron chi connectivity index (χ0n) is 9.05. The van der Waals surface area contributed by atoms with Crippen molar-refractivity contribution >= 4 is 0 Å². The van der Waals surface area contributed by atoms with Crippen LogP contribution in [0.3, 0.4) is 0 Å². The van der Waals surface area contributed by atoms with Crippen LogP contribution in [0.2, 0.25) is 0 Å². The molecular formula is C12H23N. The van der Waals surface area contributed by atoms with E-state index in [0.717, 1.165) is 17.8 Å². The highest BCUT2D eigenvalue weighted by atomic mass is 14.9. The number of hydrogen-bond acceptors (Lipinski definition) is 1. The van der Waals surface area contributed by atoms with Crippen LogP contribution in [0.25, 0.3) is 0 Å². The molecule has 2 atom stereocenters. The largest absolute Gasteiger partial charge is 0.314 e. The van der Waals surface area contributed by atoms with Gasteiger partial charge in [0.1, 0.15) is 0 Å². The first-order chi connectivity index (χ1) is 6.27. The third-order valence-electron chi connectivity index (χ3n) is 3.77. The van der Waals surface area contributed by atoms with Crippen molar-refractivity contribution in [2.75, 3.05) is 6.54 Å². The smallest absolute Gasteiger partial charge is 0.00104 e. The van der Waals surface area contributed by atoms with Crippen LogP contribution in [0.1, 0.15) is 46.0 Å². The van der Waals surface area contributed by atoms with Gasteiger partial charge in [-0.2, -0.15) is 0 Å². The van der Waals surface area contributed by atoms with E-state index in [1.165, 1.54) is 38.6 Å². The molecule has 2 fully saturated rings. The molecule has 0 aromatic carbocycles. The summed E-state index contributed by atoms with van der Waals surface area (Å²) < 4.78 is 0.